The van der Waals surface area contributed by atoms with E-state index in [-0.39, 0.29) is 14.1 Å². The van der Waals surface area contributed by atoms with Crippen molar-refractivity contribution >= 4 is 6.71 Å². The largest absolute Gasteiger partial charge is 0.256 e. The molecule has 2 heteroatoms. The van der Waals surface area contributed by atoms with Crippen molar-refractivity contribution in [3.8, 4) is 0 Å². The predicted molar refractivity (Wildman–Crippen MR) is 63.9 cm³/mol. The molecular formula is C12H20BF. The van der Waals surface area contributed by atoms with Crippen LogP contribution in [0.5, 0.6) is 0 Å². The van der Waals surface area contributed by atoms with Gasteiger partial charge in [-0.3, -0.25) is 4.39 Å². The summed E-state index contributed by atoms with van der Waals surface area (Å²) in [6.07, 6.45) is 0.761. The maximum atomic E-state index is 13.5. The lowest BCUT2D eigenvalue weighted by Crippen LogP contribution is -2.24. The van der Waals surface area contributed by atoms with Crippen LogP contribution in [0.2, 0.25) is 13.1 Å². The second-order valence-electron chi connectivity index (χ2n) is 3.59. The monoisotopic (exact) mass is 194 g/mol. The van der Waals surface area contributed by atoms with Gasteiger partial charge in [0.2, 0.25) is 0 Å². The Hall–Kier alpha value is -0.785. The number of hydrogen-bond acceptors (Lipinski definition) is 0. The molecule has 1 rings (SSSR count). The smallest absolute Gasteiger partial charge is 0.179 e. The second-order valence-corrected chi connectivity index (χ2v) is 3.59. The molecule has 0 spiro atoms. The molecule has 1 unspecified atom stereocenters. The summed E-state index contributed by atoms with van der Waals surface area (Å²) in [5.41, 5.74) is 1.09. The fourth-order valence-electron chi connectivity index (χ4n) is 1.30. The van der Waals surface area contributed by atoms with E-state index in [2.05, 4.69) is 0 Å². The van der Waals surface area contributed by atoms with Gasteiger partial charge in [0.1, 0.15) is 0 Å². The van der Waals surface area contributed by atoms with Gasteiger partial charge in [0.05, 0.1) is 6.07 Å². The first kappa shape index (κ1) is 13.2. The topological polar surface area (TPSA) is 0 Å². The standard InChI is InChI=1S/C11H16BF.CH4/c1-3-12(2)11(13)9-10-7-5-4-6-8-10;/h4-8,11H,3,9H2,1-2H3;1H4. The molecule has 1 aromatic rings. The van der Waals surface area contributed by atoms with E-state index < -0.39 is 6.07 Å². The van der Waals surface area contributed by atoms with E-state index >= 15 is 0 Å². The molecule has 0 amide bonds. The molecule has 78 valence electrons. The SMILES string of the molecule is C.CCB(C)C(F)Cc1ccccc1. The Bertz CT molecular complexity index is 235. The molecular weight excluding hydrogens is 174 g/mol. The third kappa shape index (κ3) is 3.95. The summed E-state index contributed by atoms with van der Waals surface area (Å²) in [6, 6.07) is 9.83. The summed E-state index contributed by atoms with van der Waals surface area (Å²) in [4.78, 5) is 0. The molecule has 0 aliphatic carbocycles. The van der Waals surface area contributed by atoms with Crippen molar-refractivity contribution in [3.63, 3.8) is 0 Å². The number of halogens is 1. The van der Waals surface area contributed by atoms with E-state index in [0.717, 1.165) is 11.9 Å². The van der Waals surface area contributed by atoms with Gasteiger partial charge in [0.15, 0.2) is 6.71 Å². The molecule has 14 heavy (non-hydrogen) atoms. The average molecular weight is 194 g/mol. The Kier molecular flexibility index (Phi) is 6.26. The maximum absolute atomic E-state index is 13.5. The van der Waals surface area contributed by atoms with E-state index in [1.54, 1.807) is 0 Å². The highest BCUT2D eigenvalue weighted by Gasteiger charge is 2.17. The maximum Gasteiger partial charge on any atom is 0.179 e. The fraction of sp³-hybridized carbons (Fsp3) is 0.500. The van der Waals surface area contributed by atoms with Crippen molar-refractivity contribution in [1.82, 2.24) is 0 Å². The molecule has 0 saturated heterocycles. The van der Waals surface area contributed by atoms with Gasteiger partial charge in [-0.1, -0.05) is 57.8 Å². The van der Waals surface area contributed by atoms with Gasteiger partial charge in [0, 0.05) is 0 Å². The minimum Gasteiger partial charge on any atom is -0.256 e. The van der Waals surface area contributed by atoms with Crippen molar-refractivity contribution in [2.24, 2.45) is 0 Å². The first-order chi connectivity index (χ1) is 6.24. The molecule has 0 nitrogen and oxygen atoms in total. The molecule has 0 saturated carbocycles. The van der Waals surface area contributed by atoms with Crippen LogP contribution in [-0.2, 0) is 6.42 Å². The summed E-state index contributed by atoms with van der Waals surface area (Å²) in [5.74, 6) is 0. The van der Waals surface area contributed by atoms with Crippen LogP contribution < -0.4 is 0 Å². The van der Waals surface area contributed by atoms with Gasteiger partial charge >= 0.3 is 0 Å². The zero-order chi connectivity index (χ0) is 9.68. The van der Waals surface area contributed by atoms with Crippen molar-refractivity contribution in [3.05, 3.63) is 35.9 Å². The second kappa shape index (κ2) is 6.64. The van der Waals surface area contributed by atoms with Crippen LogP contribution in [0, 0.1) is 0 Å². The highest BCUT2D eigenvalue weighted by molar-refractivity contribution is 6.58. The molecule has 0 heterocycles. The van der Waals surface area contributed by atoms with Crippen LogP contribution in [0.1, 0.15) is 19.9 Å². The average Bonchev–Trinajstić information content (AvgIpc) is 2.18. The molecule has 0 radical (unpaired) electrons. The van der Waals surface area contributed by atoms with Crippen molar-refractivity contribution < 1.29 is 4.39 Å². The van der Waals surface area contributed by atoms with Crippen molar-refractivity contribution in [2.45, 2.75) is 40.0 Å². The van der Waals surface area contributed by atoms with Crippen molar-refractivity contribution in [2.75, 3.05) is 0 Å². The third-order valence-corrected chi connectivity index (χ3v) is 2.53. The molecule has 0 aliphatic rings. The summed E-state index contributed by atoms with van der Waals surface area (Å²) in [5, 5.41) is 0. The van der Waals surface area contributed by atoms with E-state index in [1.807, 2.05) is 44.1 Å². The summed E-state index contributed by atoms with van der Waals surface area (Å²) < 4.78 is 13.5. The summed E-state index contributed by atoms with van der Waals surface area (Å²) >= 11 is 0. The Morgan fingerprint density at radius 1 is 1.29 bits per heavy atom. The highest BCUT2D eigenvalue weighted by atomic mass is 19.1. The third-order valence-electron chi connectivity index (χ3n) is 2.53. The van der Waals surface area contributed by atoms with Gasteiger partial charge in [-0.2, -0.15) is 0 Å². The zero-order valence-electron chi connectivity index (χ0n) is 8.33. The lowest BCUT2D eigenvalue weighted by atomic mass is 9.45. The van der Waals surface area contributed by atoms with Gasteiger partial charge in [0.25, 0.3) is 0 Å². The quantitative estimate of drug-likeness (QED) is 0.638. The van der Waals surface area contributed by atoms with Crippen LogP contribution in [-0.4, -0.2) is 12.8 Å². The number of rotatable bonds is 4. The van der Waals surface area contributed by atoms with Crippen LogP contribution in [0.4, 0.5) is 4.39 Å². The lowest BCUT2D eigenvalue weighted by Gasteiger charge is -2.11. The van der Waals surface area contributed by atoms with Crippen LogP contribution in [0.25, 0.3) is 0 Å². The first-order valence-corrected chi connectivity index (χ1v) is 4.92. The molecule has 0 fully saturated rings. The zero-order valence-corrected chi connectivity index (χ0v) is 8.33. The lowest BCUT2D eigenvalue weighted by molar-refractivity contribution is 0.429. The predicted octanol–water partition coefficient (Wildman–Crippen LogP) is 3.89. The molecule has 0 N–H and O–H groups in total. The van der Waals surface area contributed by atoms with E-state index in [9.17, 15) is 4.39 Å². The van der Waals surface area contributed by atoms with Crippen LogP contribution in [0.15, 0.2) is 30.3 Å². The minimum atomic E-state index is -0.701. The van der Waals surface area contributed by atoms with Gasteiger partial charge in [-0.15, -0.1) is 0 Å². The number of hydrogen-bond donors (Lipinski definition) is 0. The normalized spacial score (nSPS) is 11.6. The van der Waals surface area contributed by atoms with E-state index in [0.29, 0.717) is 6.42 Å². The first-order valence-electron chi connectivity index (χ1n) is 4.92. The summed E-state index contributed by atoms with van der Waals surface area (Å²) in [7, 11) is 0. The molecule has 1 atom stereocenters. The van der Waals surface area contributed by atoms with Crippen LogP contribution in [0.3, 0.4) is 0 Å². The van der Waals surface area contributed by atoms with Gasteiger partial charge in [-0.25, -0.2) is 0 Å². The van der Waals surface area contributed by atoms with Crippen LogP contribution >= 0.6 is 0 Å². The Labute approximate surface area is 87.6 Å². The molecule has 1 aromatic carbocycles. The Balaban J connectivity index is 0.00000169. The Morgan fingerprint density at radius 3 is 2.36 bits per heavy atom. The summed E-state index contributed by atoms with van der Waals surface area (Å²) in [6.45, 7) is 4.16. The highest BCUT2D eigenvalue weighted by Crippen LogP contribution is 2.10. The van der Waals surface area contributed by atoms with Gasteiger partial charge in [-0.05, 0) is 12.0 Å². The van der Waals surface area contributed by atoms with Gasteiger partial charge < -0.3 is 0 Å². The van der Waals surface area contributed by atoms with E-state index in [1.165, 1.54) is 0 Å². The fourth-order valence-corrected chi connectivity index (χ4v) is 1.30. The number of benzene rings is 1. The number of alkyl halides is 1. The van der Waals surface area contributed by atoms with Crippen molar-refractivity contribution in [1.29, 1.82) is 0 Å². The molecule has 0 bridgehead atoms. The minimum absolute atomic E-state index is 0. The molecule has 0 aromatic heterocycles. The van der Waals surface area contributed by atoms with E-state index in [4.69, 9.17) is 0 Å². The Morgan fingerprint density at radius 2 is 1.86 bits per heavy atom. The molecule has 0 aliphatic heterocycles.